The third-order valence-electron chi connectivity index (χ3n) is 1.39. The molecule has 0 aliphatic heterocycles. The molecular weight excluding hydrogens is 196 g/mol. The maximum atomic E-state index is 10.2. The SMILES string of the molecule is O=C(Cl)OCc1ccc(O)c(O)c1. The van der Waals surface area contributed by atoms with Crippen LogP contribution in [0.25, 0.3) is 0 Å². The minimum atomic E-state index is -0.910. The highest BCUT2D eigenvalue weighted by Crippen LogP contribution is 2.25. The number of benzene rings is 1. The summed E-state index contributed by atoms with van der Waals surface area (Å²) in [4.78, 5) is 10.2. The van der Waals surface area contributed by atoms with Crippen molar-refractivity contribution in [3.05, 3.63) is 23.8 Å². The average Bonchev–Trinajstić information content (AvgIpc) is 2.07. The molecule has 0 unspecified atom stereocenters. The van der Waals surface area contributed by atoms with Gasteiger partial charge < -0.3 is 14.9 Å². The van der Waals surface area contributed by atoms with Crippen molar-refractivity contribution < 1.29 is 19.7 Å². The van der Waals surface area contributed by atoms with Gasteiger partial charge in [0.15, 0.2) is 11.5 Å². The number of hydrogen-bond acceptors (Lipinski definition) is 4. The number of aromatic hydroxyl groups is 2. The summed E-state index contributed by atoms with van der Waals surface area (Å²) in [6.45, 7) is -0.0316. The number of rotatable bonds is 2. The van der Waals surface area contributed by atoms with Crippen LogP contribution in [0.4, 0.5) is 4.79 Å². The molecule has 1 aromatic carbocycles. The van der Waals surface area contributed by atoms with Gasteiger partial charge in [0, 0.05) is 11.6 Å². The maximum absolute atomic E-state index is 10.2. The largest absolute Gasteiger partial charge is 0.504 e. The Morgan fingerprint density at radius 1 is 1.38 bits per heavy atom. The van der Waals surface area contributed by atoms with E-state index in [9.17, 15) is 4.79 Å². The molecule has 4 nitrogen and oxygen atoms in total. The normalized spacial score (nSPS) is 9.62. The lowest BCUT2D eigenvalue weighted by Gasteiger charge is -2.02. The summed E-state index contributed by atoms with van der Waals surface area (Å²) in [5, 5.41) is 18.0. The van der Waals surface area contributed by atoms with Gasteiger partial charge in [-0.2, -0.15) is 0 Å². The van der Waals surface area contributed by atoms with Crippen LogP contribution in [0, 0.1) is 0 Å². The Morgan fingerprint density at radius 3 is 2.62 bits per heavy atom. The predicted octanol–water partition coefficient (Wildman–Crippen LogP) is 1.97. The fraction of sp³-hybridized carbons (Fsp3) is 0.125. The summed E-state index contributed by atoms with van der Waals surface area (Å²) in [5.41, 5.74) is -0.364. The van der Waals surface area contributed by atoms with Crippen LogP contribution in [0.3, 0.4) is 0 Å². The van der Waals surface area contributed by atoms with Crippen molar-refractivity contribution in [2.24, 2.45) is 0 Å². The highest BCUT2D eigenvalue weighted by molar-refractivity contribution is 6.61. The molecule has 1 aromatic rings. The Morgan fingerprint density at radius 2 is 2.08 bits per heavy atom. The Balaban J connectivity index is 2.68. The number of phenolic OH excluding ortho intramolecular Hbond substituents is 2. The van der Waals surface area contributed by atoms with Crippen molar-refractivity contribution in [2.75, 3.05) is 0 Å². The molecule has 0 aromatic heterocycles. The Hall–Kier alpha value is -1.42. The molecule has 0 aliphatic carbocycles. The first-order valence-corrected chi connectivity index (χ1v) is 3.80. The molecule has 0 heterocycles. The van der Waals surface area contributed by atoms with Gasteiger partial charge in [-0.3, -0.25) is 0 Å². The molecule has 0 spiro atoms. The fourth-order valence-corrected chi connectivity index (χ4v) is 0.853. The summed E-state index contributed by atoms with van der Waals surface area (Å²) in [6.07, 6.45) is 0. The number of halogens is 1. The first-order chi connectivity index (χ1) is 6.09. The van der Waals surface area contributed by atoms with E-state index in [4.69, 9.17) is 21.8 Å². The Bertz CT molecular complexity index is 324. The Labute approximate surface area is 79.3 Å². The molecule has 5 heteroatoms. The minimum Gasteiger partial charge on any atom is -0.504 e. The molecule has 0 bridgehead atoms. The van der Waals surface area contributed by atoms with Crippen molar-refractivity contribution in [3.8, 4) is 11.5 Å². The highest BCUT2D eigenvalue weighted by Gasteiger charge is 2.02. The summed E-state index contributed by atoms with van der Waals surface area (Å²) in [7, 11) is 0. The van der Waals surface area contributed by atoms with Crippen LogP contribution in [0.5, 0.6) is 11.5 Å². The van der Waals surface area contributed by atoms with Gasteiger partial charge in [-0.05, 0) is 17.7 Å². The van der Waals surface area contributed by atoms with Gasteiger partial charge in [0.2, 0.25) is 0 Å². The zero-order valence-corrected chi connectivity index (χ0v) is 7.28. The van der Waals surface area contributed by atoms with E-state index in [1.165, 1.54) is 18.2 Å². The number of carbonyl (C=O) groups excluding carboxylic acids is 1. The second kappa shape index (κ2) is 4.00. The van der Waals surface area contributed by atoms with E-state index in [0.29, 0.717) is 5.56 Å². The van der Waals surface area contributed by atoms with Crippen molar-refractivity contribution in [3.63, 3.8) is 0 Å². The first kappa shape index (κ1) is 9.67. The van der Waals surface area contributed by atoms with Gasteiger partial charge in [-0.15, -0.1) is 0 Å². The lowest BCUT2D eigenvalue weighted by Crippen LogP contribution is -1.94. The summed E-state index contributed by atoms with van der Waals surface area (Å²) in [5.74, 6) is -0.482. The smallest absolute Gasteiger partial charge is 0.404 e. The summed E-state index contributed by atoms with van der Waals surface area (Å²) in [6, 6.07) is 4.09. The van der Waals surface area contributed by atoms with Gasteiger partial charge in [-0.25, -0.2) is 4.79 Å². The lowest BCUT2D eigenvalue weighted by atomic mass is 10.2. The van der Waals surface area contributed by atoms with E-state index < -0.39 is 5.43 Å². The second-order valence-corrected chi connectivity index (χ2v) is 2.66. The van der Waals surface area contributed by atoms with Crippen LogP contribution >= 0.6 is 11.6 Å². The summed E-state index contributed by atoms with van der Waals surface area (Å²) >= 11 is 4.93. The predicted molar refractivity (Wildman–Crippen MR) is 45.8 cm³/mol. The van der Waals surface area contributed by atoms with Crippen LogP contribution in [0.2, 0.25) is 0 Å². The molecule has 0 saturated carbocycles. The van der Waals surface area contributed by atoms with Gasteiger partial charge in [0.1, 0.15) is 6.61 Å². The van der Waals surface area contributed by atoms with Gasteiger partial charge >= 0.3 is 5.43 Å². The lowest BCUT2D eigenvalue weighted by molar-refractivity contribution is 0.167. The van der Waals surface area contributed by atoms with Crippen LogP contribution in [0.15, 0.2) is 18.2 Å². The third-order valence-corrected chi connectivity index (χ3v) is 1.50. The molecule has 0 atom stereocenters. The molecule has 13 heavy (non-hydrogen) atoms. The number of hydrogen-bond donors (Lipinski definition) is 2. The monoisotopic (exact) mass is 202 g/mol. The summed E-state index contributed by atoms with van der Waals surface area (Å²) < 4.78 is 4.46. The average molecular weight is 203 g/mol. The molecule has 0 fully saturated rings. The van der Waals surface area contributed by atoms with E-state index in [1.807, 2.05) is 0 Å². The van der Waals surface area contributed by atoms with E-state index >= 15 is 0 Å². The van der Waals surface area contributed by atoms with Crippen LogP contribution < -0.4 is 0 Å². The topological polar surface area (TPSA) is 66.8 Å². The van der Waals surface area contributed by atoms with Gasteiger partial charge in [-0.1, -0.05) is 6.07 Å². The van der Waals surface area contributed by atoms with E-state index in [0.717, 1.165) is 0 Å². The molecule has 0 amide bonds. The first-order valence-electron chi connectivity index (χ1n) is 3.42. The van der Waals surface area contributed by atoms with Crippen LogP contribution in [0.1, 0.15) is 5.56 Å². The van der Waals surface area contributed by atoms with E-state index in [1.54, 1.807) is 0 Å². The zero-order valence-electron chi connectivity index (χ0n) is 6.53. The molecule has 0 saturated heterocycles. The Kier molecular flexibility index (Phi) is 2.97. The standard InChI is InChI=1S/C8H7ClO4/c9-8(12)13-4-5-1-2-6(10)7(11)3-5/h1-3,10-11H,4H2. The van der Waals surface area contributed by atoms with Crippen molar-refractivity contribution in [2.45, 2.75) is 6.61 Å². The van der Waals surface area contributed by atoms with Crippen molar-refractivity contribution >= 4 is 17.0 Å². The number of phenols is 2. The quantitative estimate of drug-likeness (QED) is 0.569. The highest BCUT2D eigenvalue weighted by atomic mass is 35.5. The molecule has 0 aliphatic rings. The molecule has 1 rings (SSSR count). The van der Waals surface area contributed by atoms with Crippen LogP contribution in [-0.4, -0.2) is 15.6 Å². The molecule has 0 radical (unpaired) electrons. The molecule has 70 valence electrons. The third kappa shape index (κ3) is 2.83. The zero-order chi connectivity index (χ0) is 9.84. The fourth-order valence-electron chi connectivity index (χ4n) is 0.799. The second-order valence-electron chi connectivity index (χ2n) is 2.35. The number of carbonyl (C=O) groups is 1. The number of ether oxygens (including phenoxy) is 1. The van der Waals surface area contributed by atoms with Crippen LogP contribution in [-0.2, 0) is 11.3 Å². The van der Waals surface area contributed by atoms with Gasteiger partial charge in [0.25, 0.3) is 0 Å². The minimum absolute atomic E-state index is 0.0316. The van der Waals surface area contributed by atoms with Crippen molar-refractivity contribution in [1.82, 2.24) is 0 Å². The molecular formula is C8H7ClO4. The van der Waals surface area contributed by atoms with Crippen molar-refractivity contribution in [1.29, 1.82) is 0 Å². The van der Waals surface area contributed by atoms with E-state index in [-0.39, 0.29) is 18.1 Å². The molecule has 2 N–H and O–H groups in total. The maximum Gasteiger partial charge on any atom is 0.404 e. The van der Waals surface area contributed by atoms with Gasteiger partial charge in [0.05, 0.1) is 0 Å². The van der Waals surface area contributed by atoms with E-state index in [2.05, 4.69) is 4.74 Å².